The van der Waals surface area contributed by atoms with E-state index in [4.69, 9.17) is 5.73 Å². The van der Waals surface area contributed by atoms with Crippen LogP contribution in [0.2, 0.25) is 0 Å². The number of hydrogen-bond donors (Lipinski definition) is 2. The van der Waals surface area contributed by atoms with Crippen molar-refractivity contribution >= 4 is 17.4 Å². The summed E-state index contributed by atoms with van der Waals surface area (Å²) >= 11 is 0. The van der Waals surface area contributed by atoms with Crippen molar-refractivity contribution in [3.8, 4) is 11.1 Å². The molecular weight excluding hydrogens is 338 g/mol. The Morgan fingerprint density at radius 1 is 1.19 bits per heavy atom. The van der Waals surface area contributed by atoms with E-state index in [1.165, 1.54) is 5.56 Å². The van der Waals surface area contributed by atoms with Gasteiger partial charge in [0.2, 0.25) is 5.91 Å². The van der Waals surface area contributed by atoms with Gasteiger partial charge in [0.1, 0.15) is 5.82 Å². The number of carbonyl (C=O) groups excluding carboxylic acids is 1. The summed E-state index contributed by atoms with van der Waals surface area (Å²) in [4.78, 5) is 16.0. The van der Waals surface area contributed by atoms with Gasteiger partial charge in [0, 0.05) is 31.3 Å². The molecule has 2 aromatic heterocycles. The Kier molecular flexibility index (Phi) is 4.79. The highest BCUT2D eigenvalue weighted by molar-refractivity contribution is 5.76. The zero-order valence-corrected chi connectivity index (χ0v) is 15.6. The minimum Gasteiger partial charge on any atom is -0.383 e. The number of benzene rings is 1. The van der Waals surface area contributed by atoms with Crippen LogP contribution >= 0.6 is 0 Å². The van der Waals surface area contributed by atoms with E-state index in [0.29, 0.717) is 24.1 Å². The van der Waals surface area contributed by atoms with Gasteiger partial charge in [0.25, 0.3) is 0 Å². The van der Waals surface area contributed by atoms with E-state index in [2.05, 4.69) is 39.7 Å². The van der Waals surface area contributed by atoms with Crippen LogP contribution in [0.1, 0.15) is 43.6 Å². The van der Waals surface area contributed by atoms with Crippen molar-refractivity contribution in [2.24, 2.45) is 5.92 Å². The van der Waals surface area contributed by atoms with Gasteiger partial charge in [-0.25, -0.2) is 4.98 Å². The van der Waals surface area contributed by atoms with E-state index < -0.39 is 0 Å². The molecule has 0 radical (unpaired) electrons. The fourth-order valence-corrected chi connectivity index (χ4v) is 4.11. The molecule has 1 saturated carbocycles. The van der Waals surface area contributed by atoms with Gasteiger partial charge in [0.05, 0.1) is 6.20 Å². The van der Waals surface area contributed by atoms with Crippen LogP contribution in [0.15, 0.2) is 42.7 Å². The maximum atomic E-state index is 11.6. The molecule has 1 aliphatic carbocycles. The Morgan fingerprint density at radius 2 is 1.93 bits per heavy atom. The van der Waals surface area contributed by atoms with Crippen molar-refractivity contribution in [1.82, 2.24) is 19.9 Å². The minimum absolute atomic E-state index is 0.156. The van der Waals surface area contributed by atoms with Gasteiger partial charge in [0.15, 0.2) is 5.65 Å². The summed E-state index contributed by atoms with van der Waals surface area (Å²) in [5.74, 6) is 1.85. The van der Waals surface area contributed by atoms with Crippen molar-refractivity contribution in [2.75, 3.05) is 12.8 Å². The third kappa shape index (κ3) is 3.52. The number of nitrogen functional groups attached to an aromatic ring is 1. The van der Waals surface area contributed by atoms with Crippen molar-refractivity contribution < 1.29 is 4.79 Å². The highest BCUT2D eigenvalue weighted by Crippen LogP contribution is 2.37. The first-order chi connectivity index (χ1) is 13.2. The number of aromatic nitrogens is 3. The first-order valence-electron chi connectivity index (χ1n) is 9.55. The molecule has 6 heteroatoms. The monoisotopic (exact) mass is 363 g/mol. The maximum absolute atomic E-state index is 11.6. The number of fused-ring (bicyclic) bond motifs is 1. The number of hydrogen-bond acceptors (Lipinski definition) is 4. The standard InChI is InChI=1S/C21H25N5O/c1-23-20(27)12-14-2-4-15(5-3-14)16-6-8-17(9-7-16)18-13-24-19-10-11-25-26(19)21(18)22/h6-11,13-15H,2-5,12,22H2,1H3,(H,23,27). The molecule has 1 fully saturated rings. The number of nitrogens with zero attached hydrogens (tertiary/aromatic N) is 3. The predicted octanol–water partition coefficient (Wildman–Crippen LogP) is 3.39. The van der Waals surface area contributed by atoms with E-state index in [1.807, 2.05) is 12.3 Å². The van der Waals surface area contributed by atoms with Gasteiger partial charge < -0.3 is 11.1 Å². The maximum Gasteiger partial charge on any atom is 0.220 e. The zero-order chi connectivity index (χ0) is 18.8. The van der Waals surface area contributed by atoms with Crippen LogP contribution in [-0.4, -0.2) is 27.6 Å². The van der Waals surface area contributed by atoms with Gasteiger partial charge in [-0.3, -0.25) is 4.79 Å². The average Bonchev–Trinajstić information content (AvgIpc) is 3.19. The van der Waals surface area contributed by atoms with Gasteiger partial charge in [-0.2, -0.15) is 9.61 Å². The molecule has 140 valence electrons. The second-order valence-corrected chi connectivity index (χ2v) is 7.38. The number of amides is 1. The van der Waals surface area contributed by atoms with E-state index in [9.17, 15) is 4.79 Å². The molecule has 1 aliphatic rings. The molecule has 0 atom stereocenters. The van der Waals surface area contributed by atoms with Crippen molar-refractivity contribution in [1.29, 1.82) is 0 Å². The summed E-state index contributed by atoms with van der Waals surface area (Å²) < 4.78 is 1.66. The highest BCUT2D eigenvalue weighted by atomic mass is 16.1. The molecule has 3 N–H and O–H groups in total. The van der Waals surface area contributed by atoms with Crippen molar-refractivity contribution in [2.45, 2.75) is 38.0 Å². The lowest BCUT2D eigenvalue weighted by atomic mass is 9.77. The van der Waals surface area contributed by atoms with Crippen LogP contribution in [0.5, 0.6) is 0 Å². The van der Waals surface area contributed by atoms with Crippen LogP contribution in [0, 0.1) is 5.92 Å². The van der Waals surface area contributed by atoms with E-state index in [0.717, 1.165) is 42.5 Å². The average molecular weight is 363 g/mol. The van der Waals surface area contributed by atoms with Gasteiger partial charge in [-0.05, 0) is 48.6 Å². The van der Waals surface area contributed by atoms with Crippen LogP contribution in [0.25, 0.3) is 16.8 Å². The van der Waals surface area contributed by atoms with Gasteiger partial charge >= 0.3 is 0 Å². The lowest BCUT2D eigenvalue weighted by Crippen LogP contribution is -2.23. The number of nitrogens with one attached hydrogen (secondary N) is 1. The molecule has 0 saturated heterocycles. The number of nitrogens with two attached hydrogens (primary N) is 1. The molecule has 2 heterocycles. The second kappa shape index (κ2) is 7.39. The lowest BCUT2D eigenvalue weighted by molar-refractivity contribution is -0.121. The smallest absolute Gasteiger partial charge is 0.220 e. The molecule has 1 amide bonds. The highest BCUT2D eigenvalue weighted by Gasteiger charge is 2.24. The Hall–Kier alpha value is -2.89. The molecule has 1 aromatic carbocycles. The van der Waals surface area contributed by atoms with Crippen LogP contribution in [-0.2, 0) is 4.79 Å². The van der Waals surface area contributed by atoms with Crippen molar-refractivity contribution in [3.63, 3.8) is 0 Å². The molecule has 0 aliphatic heterocycles. The first kappa shape index (κ1) is 17.5. The zero-order valence-electron chi connectivity index (χ0n) is 15.6. The molecule has 0 unspecified atom stereocenters. The summed E-state index contributed by atoms with van der Waals surface area (Å²) in [7, 11) is 1.71. The second-order valence-electron chi connectivity index (χ2n) is 7.38. The van der Waals surface area contributed by atoms with Crippen LogP contribution < -0.4 is 11.1 Å². The number of anilines is 1. The third-order valence-electron chi connectivity index (χ3n) is 5.75. The molecule has 0 spiro atoms. The van der Waals surface area contributed by atoms with Crippen LogP contribution in [0.3, 0.4) is 0 Å². The molecule has 6 nitrogen and oxygen atoms in total. The van der Waals surface area contributed by atoms with Gasteiger partial charge in [-0.15, -0.1) is 0 Å². The lowest BCUT2D eigenvalue weighted by Gasteiger charge is -2.28. The first-order valence-corrected chi connectivity index (χ1v) is 9.55. The Labute approximate surface area is 158 Å². The number of rotatable bonds is 4. The molecule has 27 heavy (non-hydrogen) atoms. The van der Waals surface area contributed by atoms with E-state index >= 15 is 0 Å². The van der Waals surface area contributed by atoms with Gasteiger partial charge in [-0.1, -0.05) is 24.3 Å². The number of carbonyl (C=O) groups is 1. The fourth-order valence-electron chi connectivity index (χ4n) is 4.11. The molecular formula is C21H25N5O. The predicted molar refractivity (Wildman–Crippen MR) is 106 cm³/mol. The quantitative estimate of drug-likeness (QED) is 0.744. The summed E-state index contributed by atoms with van der Waals surface area (Å²) in [5.41, 5.74) is 10.3. The van der Waals surface area contributed by atoms with Crippen molar-refractivity contribution in [3.05, 3.63) is 48.3 Å². The SMILES string of the molecule is CNC(=O)CC1CCC(c2ccc(-c3cnc4ccnn4c3N)cc2)CC1. The van der Waals surface area contributed by atoms with Crippen LogP contribution in [0.4, 0.5) is 5.82 Å². The molecule has 3 aromatic rings. The topological polar surface area (TPSA) is 85.3 Å². The molecule has 0 bridgehead atoms. The molecule has 4 rings (SSSR count). The summed E-state index contributed by atoms with van der Waals surface area (Å²) in [6, 6.07) is 10.5. The largest absolute Gasteiger partial charge is 0.383 e. The Morgan fingerprint density at radius 3 is 2.63 bits per heavy atom. The normalized spacial score (nSPS) is 19.9. The third-order valence-corrected chi connectivity index (χ3v) is 5.75. The fraction of sp³-hybridized carbons (Fsp3) is 0.381. The minimum atomic E-state index is 0.156. The van der Waals surface area contributed by atoms with E-state index in [-0.39, 0.29) is 5.91 Å². The Balaban J connectivity index is 1.46. The summed E-state index contributed by atoms with van der Waals surface area (Å²) in [6.07, 6.45) is 8.69. The summed E-state index contributed by atoms with van der Waals surface area (Å²) in [6.45, 7) is 0. The summed E-state index contributed by atoms with van der Waals surface area (Å²) in [5, 5.41) is 6.96. The Bertz CT molecular complexity index is 939. The van der Waals surface area contributed by atoms with E-state index in [1.54, 1.807) is 17.8 Å².